The van der Waals surface area contributed by atoms with Gasteiger partial charge in [-0.3, -0.25) is 9.10 Å². The lowest BCUT2D eigenvalue weighted by molar-refractivity contribution is 0.102. The molecule has 0 saturated heterocycles. The smallest absolute Gasteiger partial charge is 0.255 e. The lowest BCUT2D eigenvalue weighted by Crippen LogP contribution is -2.29. The highest BCUT2D eigenvalue weighted by Crippen LogP contribution is 2.24. The molecule has 30 heavy (non-hydrogen) atoms. The van der Waals surface area contributed by atoms with Crippen molar-refractivity contribution in [2.75, 3.05) is 15.9 Å². The third-order valence-electron chi connectivity index (χ3n) is 5.25. The summed E-state index contributed by atoms with van der Waals surface area (Å²) in [4.78, 5) is 12.6. The third-order valence-corrected chi connectivity index (χ3v) is 6.39. The van der Waals surface area contributed by atoms with E-state index in [1.807, 2.05) is 63.2 Å². The maximum absolute atomic E-state index is 12.6. The normalized spacial score (nSPS) is 11.2. The van der Waals surface area contributed by atoms with Crippen molar-refractivity contribution in [1.29, 1.82) is 0 Å². The van der Waals surface area contributed by atoms with Gasteiger partial charge in [0.15, 0.2) is 0 Å². The molecule has 5 nitrogen and oxygen atoms in total. The number of sulfonamides is 1. The molecule has 3 aromatic carbocycles. The summed E-state index contributed by atoms with van der Waals surface area (Å²) < 4.78 is 26.2. The first kappa shape index (κ1) is 21.6. The van der Waals surface area contributed by atoms with Crippen LogP contribution in [-0.2, 0) is 16.6 Å². The molecule has 3 rings (SSSR count). The molecule has 0 saturated carbocycles. The Bertz CT molecular complexity index is 1170. The Morgan fingerprint density at radius 1 is 0.867 bits per heavy atom. The molecule has 0 heterocycles. The molecule has 1 amide bonds. The second-order valence-electron chi connectivity index (χ2n) is 7.44. The largest absolute Gasteiger partial charge is 0.322 e. The van der Waals surface area contributed by atoms with Crippen LogP contribution < -0.4 is 9.62 Å². The number of benzene rings is 3. The molecule has 0 atom stereocenters. The van der Waals surface area contributed by atoms with Crippen LogP contribution in [0.5, 0.6) is 0 Å². The van der Waals surface area contributed by atoms with Gasteiger partial charge in [-0.05, 0) is 73.4 Å². The number of hydrogen-bond acceptors (Lipinski definition) is 3. The van der Waals surface area contributed by atoms with E-state index in [2.05, 4.69) is 5.32 Å². The molecule has 0 aliphatic heterocycles. The van der Waals surface area contributed by atoms with Gasteiger partial charge in [0.1, 0.15) is 0 Å². The first-order valence-electron chi connectivity index (χ1n) is 9.66. The summed E-state index contributed by atoms with van der Waals surface area (Å²) in [6.45, 7) is 6.15. The van der Waals surface area contributed by atoms with Gasteiger partial charge in [-0.2, -0.15) is 0 Å². The monoisotopic (exact) mass is 422 g/mol. The number of nitrogens with zero attached hydrogens (tertiary/aromatic N) is 1. The molecular weight excluding hydrogens is 396 g/mol. The maximum atomic E-state index is 12.6. The van der Waals surface area contributed by atoms with Gasteiger partial charge in [-0.1, -0.05) is 36.4 Å². The van der Waals surface area contributed by atoms with E-state index in [-0.39, 0.29) is 12.5 Å². The minimum absolute atomic E-state index is 0.236. The predicted molar refractivity (Wildman–Crippen MR) is 123 cm³/mol. The summed E-state index contributed by atoms with van der Waals surface area (Å²) in [5.74, 6) is -0.236. The Balaban J connectivity index is 1.84. The van der Waals surface area contributed by atoms with Crippen LogP contribution in [0, 0.1) is 20.8 Å². The average molecular weight is 423 g/mol. The molecular formula is C24H26N2O3S. The zero-order chi connectivity index (χ0) is 21.9. The van der Waals surface area contributed by atoms with Crippen LogP contribution in [0.1, 0.15) is 32.6 Å². The van der Waals surface area contributed by atoms with Gasteiger partial charge in [0.2, 0.25) is 10.0 Å². The van der Waals surface area contributed by atoms with Crippen molar-refractivity contribution < 1.29 is 13.2 Å². The van der Waals surface area contributed by atoms with Gasteiger partial charge >= 0.3 is 0 Å². The SMILES string of the molecule is Cc1ccccc1CN(c1ccc(C(=O)Nc2cccc(C)c2C)cc1)S(C)(=O)=O. The maximum Gasteiger partial charge on any atom is 0.255 e. The third kappa shape index (κ3) is 4.89. The summed E-state index contributed by atoms with van der Waals surface area (Å²) in [6, 6.07) is 20.1. The topological polar surface area (TPSA) is 66.5 Å². The molecule has 1 N–H and O–H groups in total. The van der Waals surface area contributed by atoms with Gasteiger partial charge in [0.25, 0.3) is 5.91 Å². The van der Waals surface area contributed by atoms with E-state index >= 15 is 0 Å². The van der Waals surface area contributed by atoms with E-state index in [4.69, 9.17) is 0 Å². The van der Waals surface area contributed by atoms with Gasteiger partial charge in [-0.25, -0.2) is 8.42 Å². The van der Waals surface area contributed by atoms with Crippen molar-refractivity contribution >= 4 is 27.3 Å². The van der Waals surface area contributed by atoms with Gasteiger partial charge < -0.3 is 5.32 Å². The molecule has 0 fully saturated rings. The molecule has 0 aromatic heterocycles. The highest BCUT2D eigenvalue weighted by atomic mass is 32.2. The van der Waals surface area contributed by atoms with Gasteiger partial charge in [-0.15, -0.1) is 0 Å². The molecule has 0 aliphatic rings. The highest BCUT2D eigenvalue weighted by Gasteiger charge is 2.19. The van der Waals surface area contributed by atoms with E-state index in [0.717, 1.165) is 27.9 Å². The lowest BCUT2D eigenvalue weighted by atomic mass is 10.1. The summed E-state index contributed by atoms with van der Waals surface area (Å²) >= 11 is 0. The Morgan fingerprint density at radius 2 is 1.50 bits per heavy atom. The fourth-order valence-electron chi connectivity index (χ4n) is 3.20. The van der Waals surface area contributed by atoms with E-state index < -0.39 is 10.0 Å². The fraction of sp³-hybridized carbons (Fsp3) is 0.208. The Morgan fingerprint density at radius 3 is 2.13 bits per heavy atom. The summed E-state index contributed by atoms with van der Waals surface area (Å²) in [5.41, 5.74) is 5.82. The number of aryl methyl sites for hydroxylation is 2. The number of amides is 1. The highest BCUT2D eigenvalue weighted by molar-refractivity contribution is 7.92. The van der Waals surface area contributed by atoms with Gasteiger partial charge in [0.05, 0.1) is 18.5 Å². The van der Waals surface area contributed by atoms with Crippen LogP contribution >= 0.6 is 0 Å². The zero-order valence-corrected chi connectivity index (χ0v) is 18.5. The van der Waals surface area contributed by atoms with Crippen molar-refractivity contribution in [1.82, 2.24) is 0 Å². The first-order valence-corrected chi connectivity index (χ1v) is 11.5. The number of carbonyl (C=O) groups excluding carboxylic acids is 1. The molecule has 0 bridgehead atoms. The van der Waals surface area contributed by atoms with Crippen molar-refractivity contribution in [3.8, 4) is 0 Å². The molecule has 0 aliphatic carbocycles. The van der Waals surface area contributed by atoms with E-state index in [1.54, 1.807) is 24.3 Å². The van der Waals surface area contributed by atoms with E-state index in [9.17, 15) is 13.2 Å². The second kappa shape index (κ2) is 8.71. The number of hydrogen-bond donors (Lipinski definition) is 1. The molecule has 0 unspecified atom stereocenters. The van der Waals surface area contributed by atoms with Crippen molar-refractivity contribution in [2.24, 2.45) is 0 Å². The number of carbonyl (C=O) groups is 1. The van der Waals surface area contributed by atoms with Crippen LogP contribution in [0.15, 0.2) is 66.7 Å². The summed E-state index contributed by atoms with van der Waals surface area (Å²) in [5, 5.41) is 2.92. The number of nitrogens with one attached hydrogen (secondary N) is 1. The predicted octanol–water partition coefficient (Wildman–Crippen LogP) is 4.83. The van der Waals surface area contributed by atoms with E-state index in [1.165, 1.54) is 10.6 Å². The first-order chi connectivity index (χ1) is 14.2. The Hall–Kier alpha value is -3.12. The van der Waals surface area contributed by atoms with Crippen LogP contribution in [-0.4, -0.2) is 20.6 Å². The van der Waals surface area contributed by atoms with Crippen LogP contribution in [0.25, 0.3) is 0 Å². The number of rotatable bonds is 6. The fourth-order valence-corrected chi connectivity index (χ4v) is 4.08. The van der Waals surface area contributed by atoms with Crippen molar-refractivity contribution in [2.45, 2.75) is 27.3 Å². The Kier molecular flexibility index (Phi) is 6.27. The number of anilines is 2. The van der Waals surface area contributed by atoms with Gasteiger partial charge in [0, 0.05) is 11.3 Å². The van der Waals surface area contributed by atoms with Crippen molar-refractivity contribution in [3.63, 3.8) is 0 Å². The average Bonchev–Trinajstić information content (AvgIpc) is 2.70. The minimum atomic E-state index is -3.49. The van der Waals surface area contributed by atoms with E-state index in [0.29, 0.717) is 11.3 Å². The molecule has 3 aromatic rings. The minimum Gasteiger partial charge on any atom is -0.322 e. The quantitative estimate of drug-likeness (QED) is 0.619. The van der Waals surface area contributed by atoms with Crippen molar-refractivity contribution in [3.05, 3.63) is 94.5 Å². The molecule has 156 valence electrons. The van der Waals surface area contributed by atoms with Crippen LogP contribution in [0.4, 0.5) is 11.4 Å². The molecule has 0 spiro atoms. The summed E-state index contributed by atoms with van der Waals surface area (Å²) in [6.07, 6.45) is 1.19. The Labute approximate surface area is 178 Å². The van der Waals surface area contributed by atoms with Crippen LogP contribution in [0.2, 0.25) is 0 Å². The lowest BCUT2D eigenvalue weighted by Gasteiger charge is -2.23. The zero-order valence-electron chi connectivity index (χ0n) is 17.6. The standard InChI is InChI=1S/C24H26N2O3S/c1-17-9-7-11-23(19(17)3)25-24(27)20-12-14-22(15-13-20)26(30(4,28)29)16-21-10-6-5-8-18(21)2/h5-15H,16H2,1-4H3,(H,25,27). The summed E-state index contributed by atoms with van der Waals surface area (Å²) in [7, 11) is -3.49. The molecule has 6 heteroatoms. The molecule has 0 radical (unpaired) electrons. The van der Waals surface area contributed by atoms with Crippen LogP contribution in [0.3, 0.4) is 0 Å². The second-order valence-corrected chi connectivity index (χ2v) is 9.35.